The van der Waals surface area contributed by atoms with Crippen molar-refractivity contribution >= 4 is 45.7 Å². The van der Waals surface area contributed by atoms with E-state index in [0.717, 1.165) is 46.3 Å². The van der Waals surface area contributed by atoms with Crippen molar-refractivity contribution in [1.82, 2.24) is 10.6 Å². The molecule has 0 unspecified atom stereocenters. The molecule has 3 aromatic rings. The van der Waals surface area contributed by atoms with E-state index in [1.54, 1.807) is 0 Å². The second kappa shape index (κ2) is 10.7. The van der Waals surface area contributed by atoms with E-state index in [4.69, 9.17) is 17.3 Å². The average Bonchev–Trinajstić information content (AvgIpc) is 2.86. The molecule has 5 nitrogen and oxygen atoms in total. The van der Waals surface area contributed by atoms with Gasteiger partial charge < -0.3 is 16.4 Å². The highest BCUT2D eigenvalue weighted by Crippen LogP contribution is 2.32. The van der Waals surface area contributed by atoms with Gasteiger partial charge in [0, 0.05) is 9.11 Å². The SMILES string of the molecule is N#Cc1cccc(-c2ccc(C3(NCC(N)=Nc4ccc(I)c(Cl)c4)CCNCC3)cc2)c1. The molecule has 1 heterocycles. The van der Waals surface area contributed by atoms with Crippen LogP contribution in [0.5, 0.6) is 0 Å². The molecule has 1 fully saturated rings. The van der Waals surface area contributed by atoms with E-state index >= 15 is 0 Å². The van der Waals surface area contributed by atoms with E-state index in [9.17, 15) is 5.26 Å². The second-order valence-corrected chi connectivity index (χ2v) is 9.73. The number of amidine groups is 1. The van der Waals surface area contributed by atoms with Crippen LogP contribution >= 0.6 is 34.2 Å². The summed E-state index contributed by atoms with van der Waals surface area (Å²) < 4.78 is 0.987. The number of nitriles is 1. The fourth-order valence-corrected chi connectivity index (χ4v) is 4.70. The highest BCUT2D eigenvalue weighted by Gasteiger charge is 2.33. The highest BCUT2D eigenvalue weighted by molar-refractivity contribution is 14.1. The van der Waals surface area contributed by atoms with Crippen LogP contribution in [0.1, 0.15) is 24.0 Å². The standard InChI is InChI=1S/C26H25ClIN5/c27-23-15-22(8-9-24(23)28)33-25(30)17-32-26(10-12-31-13-11-26)21-6-4-19(5-7-21)20-3-1-2-18(14-20)16-29/h1-9,14-15,31-32H,10-13,17H2,(H2,30,33). The number of hydrogen-bond donors (Lipinski definition) is 3. The molecule has 33 heavy (non-hydrogen) atoms. The van der Waals surface area contributed by atoms with Crippen LogP contribution in [-0.4, -0.2) is 25.5 Å². The van der Waals surface area contributed by atoms with Gasteiger partial charge in [0.05, 0.1) is 28.9 Å². The first-order valence-electron chi connectivity index (χ1n) is 10.8. The summed E-state index contributed by atoms with van der Waals surface area (Å²) in [6.07, 6.45) is 1.91. The summed E-state index contributed by atoms with van der Waals surface area (Å²) in [7, 11) is 0. The number of nitrogens with one attached hydrogen (secondary N) is 2. The quantitative estimate of drug-likeness (QED) is 0.213. The number of nitrogens with two attached hydrogens (primary N) is 1. The molecule has 1 aliphatic heterocycles. The minimum Gasteiger partial charge on any atom is -0.386 e. The Morgan fingerprint density at radius 2 is 1.85 bits per heavy atom. The maximum absolute atomic E-state index is 9.19. The molecule has 0 atom stereocenters. The molecule has 0 aromatic heterocycles. The molecular weight excluding hydrogens is 545 g/mol. The molecule has 168 valence electrons. The third-order valence-corrected chi connectivity index (χ3v) is 7.58. The van der Waals surface area contributed by atoms with Crippen molar-refractivity contribution in [3.05, 3.63) is 86.4 Å². The third kappa shape index (κ3) is 5.74. The van der Waals surface area contributed by atoms with Crippen molar-refractivity contribution in [2.24, 2.45) is 10.7 Å². The second-order valence-electron chi connectivity index (χ2n) is 8.16. The molecule has 0 radical (unpaired) electrons. The number of benzene rings is 3. The Kier molecular flexibility index (Phi) is 7.66. The smallest absolute Gasteiger partial charge is 0.114 e. The third-order valence-electron chi connectivity index (χ3n) is 6.00. The van der Waals surface area contributed by atoms with E-state index in [1.165, 1.54) is 5.56 Å². The molecule has 0 bridgehead atoms. The summed E-state index contributed by atoms with van der Waals surface area (Å²) in [6, 6.07) is 24.2. The van der Waals surface area contributed by atoms with Crippen LogP contribution in [0, 0.1) is 14.9 Å². The van der Waals surface area contributed by atoms with Gasteiger partial charge in [0.15, 0.2) is 0 Å². The number of piperidine rings is 1. The molecule has 4 N–H and O–H groups in total. The van der Waals surface area contributed by atoms with E-state index in [0.29, 0.717) is 23.0 Å². The largest absolute Gasteiger partial charge is 0.386 e. The van der Waals surface area contributed by atoms with E-state index in [2.05, 4.69) is 68.6 Å². The lowest BCUT2D eigenvalue weighted by Gasteiger charge is -2.39. The Balaban J connectivity index is 1.54. The van der Waals surface area contributed by atoms with Crippen LogP contribution in [-0.2, 0) is 5.54 Å². The van der Waals surface area contributed by atoms with Gasteiger partial charge in [-0.15, -0.1) is 0 Å². The molecule has 7 heteroatoms. The molecule has 0 saturated carbocycles. The van der Waals surface area contributed by atoms with E-state index in [-0.39, 0.29) is 5.54 Å². The predicted molar refractivity (Wildman–Crippen MR) is 144 cm³/mol. The Bertz CT molecular complexity index is 1190. The van der Waals surface area contributed by atoms with Crippen molar-refractivity contribution in [3.63, 3.8) is 0 Å². The van der Waals surface area contributed by atoms with Crippen molar-refractivity contribution in [2.45, 2.75) is 18.4 Å². The number of nitrogens with zero attached hydrogens (tertiary/aromatic N) is 2. The molecule has 0 aliphatic carbocycles. The summed E-state index contributed by atoms with van der Waals surface area (Å²) in [5.74, 6) is 0.523. The van der Waals surface area contributed by atoms with Gasteiger partial charge in [-0.05, 0) is 95.5 Å². The van der Waals surface area contributed by atoms with E-state index in [1.807, 2.05) is 42.5 Å². The van der Waals surface area contributed by atoms with Gasteiger partial charge in [-0.3, -0.25) is 0 Å². The molecule has 1 saturated heterocycles. The van der Waals surface area contributed by atoms with Crippen LogP contribution in [0.2, 0.25) is 5.02 Å². The van der Waals surface area contributed by atoms with Gasteiger partial charge in [-0.25, -0.2) is 4.99 Å². The van der Waals surface area contributed by atoms with Crippen molar-refractivity contribution in [3.8, 4) is 17.2 Å². The molecule has 1 aliphatic rings. The lowest BCUT2D eigenvalue weighted by molar-refractivity contribution is 0.257. The maximum atomic E-state index is 9.19. The Labute approximate surface area is 213 Å². The van der Waals surface area contributed by atoms with Gasteiger partial charge >= 0.3 is 0 Å². The summed E-state index contributed by atoms with van der Waals surface area (Å²) in [5.41, 5.74) is 10.9. The fourth-order valence-electron chi connectivity index (χ4n) is 4.19. The number of rotatable bonds is 6. The zero-order chi connectivity index (χ0) is 23.3. The lowest BCUT2D eigenvalue weighted by Crippen LogP contribution is -2.52. The minimum atomic E-state index is -0.178. The number of halogens is 2. The zero-order valence-corrected chi connectivity index (χ0v) is 21.0. The monoisotopic (exact) mass is 569 g/mol. The predicted octanol–water partition coefficient (Wildman–Crippen LogP) is 5.34. The highest BCUT2D eigenvalue weighted by atomic mass is 127. The summed E-state index contributed by atoms with van der Waals surface area (Å²) >= 11 is 8.41. The van der Waals surface area contributed by atoms with Crippen LogP contribution in [0.25, 0.3) is 11.1 Å². The molecule has 0 spiro atoms. The summed E-state index contributed by atoms with van der Waals surface area (Å²) in [6.45, 7) is 2.35. The normalized spacial score (nSPS) is 15.7. The molecule has 4 rings (SSSR count). The van der Waals surface area contributed by atoms with Crippen LogP contribution in [0.3, 0.4) is 0 Å². The van der Waals surface area contributed by atoms with Crippen molar-refractivity contribution < 1.29 is 0 Å². The van der Waals surface area contributed by atoms with Crippen LogP contribution in [0.4, 0.5) is 5.69 Å². The first-order valence-corrected chi connectivity index (χ1v) is 12.3. The van der Waals surface area contributed by atoms with Gasteiger partial charge in [-0.1, -0.05) is 48.0 Å². The van der Waals surface area contributed by atoms with Crippen LogP contribution in [0.15, 0.2) is 71.7 Å². The minimum absolute atomic E-state index is 0.178. The van der Waals surface area contributed by atoms with Gasteiger partial charge in [0.2, 0.25) is 0 Å². The summed E-state index contributed by atoms with van der Waals surface area (Å²) in [5, 5.41) is 17.0. The first kappa shape index (κ1) is 23.7. The molecular formula is C26H25ClIN5. The number of hydrogen-bond acceptors (Lipinski definition) is 4. The van der Waals surface area contributed by atoms with Gasteiger partial charge in [0.1, 0.15) is 5.84 Å². The zero-order valence-electron chi connectivity index (χ0n) is 18.1. The average molecular weight is 570 g/mol. The van der Waals surface area contributed by atoms with Gasteiger partial charge in [-0.2, -0.15) is 5.26 Å². The van der Waals surface area contributed by atoms with E-state index < -0.39 is 0 Å². The van der Waals surface area contributed by atoms with Crippen molar-refractivity contribution in [1.29, 1.82) is 5.26 Å². The molecule has 0 amide bonds. The Morgan fingerprint density at radius 1 is 1.09 bits per heavy atom. The summed E-state index contributed by atoms with van der Waals surface area (Å²) in [4.78, 5) is 4.54. The lowest BCUT2D eigenvalue weighted by atomic mass is 9.81. The topological polar surface area (TPSA) is 86.2 Å². The van der Waals surface area contributed by atoms with Crippen molar-refractivity contribution in [2.75, 3.05) is 19.6 Å². The first-order chi connectivity index (χ1) is 16.0. The van der Waals surface area contributed by atoms with Crippen LogP contribution < -0.4 is 16.4 Å². The number of aliphatic imine (C=N–C) groups is 1. The molecule has 3 aromatic carbocycles. The Hall–Kier alpha value is -2.44. The Morgan fingerprint density at radius 3 is 2.55 bits per heavy atom. The fraction of sp³-hybridized carbons (Fsp3) is 0.231. The van der Waals surface area contributed by atoms with Gasteiger partial charge in [0.25, 0.3) is 0 Å². The maximum Gasteiger partial charge on any atom is 0.114 e.